The van der Waals surface area contributed by atoms with E-state index in [1.807, 2.05) is 0 Å². The van der Waals surface area contributed by atoms with Crippen LogP contribution >= 0.6 is 16.3 Å². The summed E-state index contributed by atoms with van der Waals surface area (Å²) in [5.41, 5.74) is 0.832. The van der Waals surface area contributed by atoms with Gasteiger partial charge in [0.25, 0.3) is 0 Å². The maximum absolute atomic E-state index is 10.9. The molecular weight excluding hydrogens is 252 g/mol. The average molecular weight is 259 g/mol. The molecule has 1 aliphatic rings. The first-order chi connectivity index (χ1) is 6.79. The lowest BCUT2D eigenvalue weighted by atomic mass is 10.1. The van der Waals surface area contributed by atoms with Gasteiger partial charge in [0.05, 0.1) is 6.42 Å². The standard InChI is InChI=1S/C9H7BrO4/c10-14-9(11)4-6-1-2-7-8(3-6)13-5-12-7/h1-3H,4-5H2. The molecule has 5 heteroatoms. The van der Waals surface area contributed by atoms with Crippen LogP contribution in [0.25, 0.3) is 0 Å². The summed E-state index contributed by atoms with van der Waals surface area (Å²) in [4.78, 5) is 10.9. The Labute approximate surface area is 89.2 Å². The van der Waals surface area contributed by atoms with Gasteiger partial charge >= 0.3 is 5.97 Å². The highest BCUT2D eigenvalue weighted by molar-refractivity contribution is 9.06. The molecule has 0 unspecified atom stereocenters. The third-order valence-electron chi connectivity index (χ3n) is 1.87. The number of halogens is 1. The molecule has 1 heterocycles. The maximum Gasteiger partial charge on any atom is 0.321 e. The molecule has 1 aliphatic heterocycles. The van der Waals surface area contributed by atoms with Gasteiger partial charge in [-0.1, -0.05) is 6.07 Å². The van der Waals surface area contributed by atoms with Gasteiger partial charge in [-0.2, -0.15) is 0 Å². The summed E-state index contributed by atoms with van der Waals surface area (Å²) in [6.45, 7) is 0.238. The van der Waals surface area contributed by atoms with Gasteiger partial charge in [-0.25, -0.2) is 0 Å². The molecule has 0 fully saturated rings. The first kappa shape index (κ1) is 9.33. The molecule has 0 aromatic heterocycles. The van der Waals surface area contributed by atoms with Crippen LogP contribution in [-0.4, -0.2) is 12.8 Å². The van der Waals surface area contributed by atoms with Crippen molar-refractivity contribution in [3.63, 3.8) is 0 Å². The number of hydrogen-bond acceptors (Lipinski definition) is 4. The smallest absolute Gasteiger partial charge is 0.321 e. The van der Waals surface area contributed by atoms with E-state index >= 15 is 0 Å². The largest absolute Gasteiger partial charge is 0.454 e. The second-order valence-electron chi connectivity index (χ2n) is 2.81. The molecule has 0 amide bonds. The van der Waals surface area contributed by atoms with E-state index in [4.69, 9.17) is 9.47 Å². The van der Waals surface area contributed by atoms with Crippen LogP contribution < -0.4 is 9.47 Å². The van der Waals surface area contributed by atoms with Crippen molar-refractivity contribution in [3.8, 4) is 11.5 Å². The third-order valence-corrected chi connectivity index (χ3v) is 2.23. The van der Waals surface area contributed by atoms with E-state index < -0.39 is 0 Å². The lowest BCUT2D eigenvalue weighted by Crippen LogP contribution is -2.01. The van der Waals surface area contributed by atoms with Crippen LogP contribution in [0.3, 0.4) is 0 Å². The van der Waals surface area contributed by atoms with Crippen molar-refractivity contribution in [1.82, 2.24) is 0 Å². The van der Waals surface area contributed by atoms with Crippen molar-refractivity contribution in [2.24, 2.45) is 0 Å². The van der Waals surface area contributed by atoms with E-state index in [0.717, 1.165) is 5.56 Å². The molecule has 0 bridgehead atoms. The molecule has 0 aliphatic carbocycles. The topological polar surface area (TPSA) is 44.8 Å². The van der Waals surface area contributed by atoms with E-state index in [0.29, 0.717) is 11.5 Å². The normalized spacial score (nSPS) is 12.6. The molecule has 2 rings (SSSR count). The monoisotopic (exact) mass is 258 g/mol. The molecule has 1 aromatic carbocycles. The summed E-state index contributed by atoms with van der Waals surface area (Å²) in [5, 5.41) is 0. The minimum Gasteiger partial charge on any atom is -0.454 e. The van der Waals surface area contributed by atoms with Crippen LogP contribution in [0.4, 0.5) is 0 Å². The highest BCUT2D eigenvalue weighted by Gasteiger charge is 2.14. The number of benzene rings is 1. The van der Waals surface area contributed by atoms with Crippen molar-refractivity contribution in [3.05, 3.63) is 23.8 Å². The summed E-state index contributed by atoms with van der Waals surface area (Å²) >= 11 is 2.63. The number of ether oxygens (including phenoxy) is 2. The van der Waals surface area contributed by atoms with Crippen molar-refractivity contribution in [2.45, 2.75) is 6.42 Å². The van der Waals surface area contributed by atoms with Crippen LogP contribution in [0.1, 0.15) is 5.56 Å². The van der Waals surface area contributed by atoms with Gasteiger partial charge in [-0.15, -0.1) is 0 Å². The van der Waals surface area contributed by atoms with Crippen LogP contribution in [0.15, 0.2) is 18.2 Å². The number of hydrogen-bond donors (Lipinski definition) is 0. The Morgan fingerprint density at radius 3 is 3.00 bits per heavy atom. The van der Waals surface area contributed by atoms with Crippen molar-refractivity contribution in [1.29, 1.82) is 0 Å². The van der Waals surface area contributed by atoms with Crippen molar-refractivity contribution in [2.75, 3.05) is 6.79 Å². The van der Waals surface area contributed by atoms with Crippen LogP contribution in [-0.2, 0) is 15.0 Å². The summed E-state index contributed by atoms with van der Waals surface area (Å²) in [7, 11) is 0. The molecule has 0 spiro atoms. The molecule has 14 heavy (non-hydrogen) atoms. The Morgan fingerprint density at radius 1 is 1.43 bits per heavy atom. The first-order valence-corrected chi connectivity index (χ1v) is 4.64. The van der Waals surface area contributed by atoms with Crippen LogP contribution in [0, 0.1) is 0 Å². The minimum absolute atomic E-state index is 0.210. The maximum atomic E-state index is 10.9. The van der Waals surface area contributed by atoms with Crippen LogP contribution in [0.5, 0.6) is 11.5 Å². The van der Waals surface area contributed by atoms with E-state index in [1.165, 1.54) is 0 Å². The molecule has 1 aromatic rings. The zero-order valence-electron chi connectivity index (χ0n) is 7.16. The Balaban J connectivity index is 2.16. The number of carbonyl (C=O) groups is 1. The summed E-state index contributed by atoms with van der Waals surface area (Å²) in [5.74, 6) is 1.04. The SMILES string of the molecule is O=C(Cc1ccc2c(c1)OCO2)OBr. The second-order valence-corrected chi connectivity index (χ2v) is 3.14. The summed E-state index contributed by atoms with van der Waals surface area (Å²) in [6.07, 6.45) is 0.210. The van der Waals surface area contributed by atoms with Crippen molar-refractivity contribution >= 4 is 22.2 Å². The molecule has 0 saturated heterocycles. The number of fused-ring (bicyclic) bond motifs is 1. The minimum atomic E-state index is -0.344. The second kappa shape index (κ2) is 3.88. The van der Waals surface area contributed by atoms with Crippen LogP contribution in [0.2, 0.25) is 0 Å². The Bertz CT molecular complexity index is 364. The van der Waals surface area contributed by atoms with Gasteiger partial charge in [0.2, 0.25) is 6.79 Å². The quantitative estimate of drug-likeness (QED) is 0.812. The van der Waals surface area contributed by atoms with Gasteiger partial charge < -0.3 is 13.3 Å². The molecule has 0 radical (unpaired) electrons. The van der Waals surface area contributed by atoms with Gasteiger partial charge in [0, 0.05) is 0 Å². The number of rotatable bonds is 2. The molecule has 0 atom stereocenters. The molecule has 74 valence electrons. The van der Waals surface area contributed by atoms with E-state index in [1.54, 1.807) is 18.2 Å². The average Bonchev–Trinajstić information content (AvgIpc) is 2.64. The Hall–Kier alpha value is -1.23. The Kier molecular flexibility index (Phi) is 2.58. The van der Waals surface area contributed by atoms with Crippen molar-refractivity contribution < 1.29 is 18.1 Å². The van der Waals surface area contributed by atoms with E-state index in [9.17, 15) is 4.79 Å². The molecule has 0 saturated carbocycles. The first-order valence-electron chi connectivity index (χ1n) is 3.99. The van der Waals surface area contributed by atoms with Gasteiger partial charge in [-0.3, -0.25) is 4.79 Å². The summed E-state index contributed by atoms with van der Waals surface area (Å²) < 4.78 is 14.7. The summed E-state index contributed by atoms with van der Waals surface area (Å²) in [6, 6.07) is 5.35. The molecule has 0 N–H and O–H groups in total. The fraction of sp³-hybridized carbons (Fsp3) is 0.222. The fourth-order valence-corrected chi connectivity index (χ4v) is 1.36. The van der Waals surface area contributed by atoms with Gasteiger partial charge in [-0.05, 0) is 17.7 Å². The zero-order chi connectivity index (χ0) is 9.97. The van der Waals surface area contributed by atoms with Gasteiger partial charge in [0.1, 0.15) is 0 Å². The molecular formula is C9H7BrO4. The predicted molar refractivity (Wildman–Crippen MR) is 51.3 cm³/mol. The van der Waals surface area contributed by atoms with E-state index in [2.05, 4.69) is 20.1 Å². The highest BCUT2D eigenvalue weighted by Crippen LogP contribution is 2.32. The predicted octanol–water partition coefficient (Wildman–Crippen LogP) is 1.81. The lowest BCUT2D eigenvalue weighted by Gasteiger charge is -2.00. The zero-order valence-corrected chi connectivity index (χ0v) is 8.74. The Morgan fingerprint density at radius 2 is 2.21 bits per heavy atom. The van der Waals surface area contributed by atoms with E-state index in [-0.39, 0.29) is 19.2 Å². The molecule has 4 nitrogen and oxygen atoms in total. The fourth-order valence-electron chi connectivity index (χ4n) is 1.24. The van der Waals surface area contributed by atoms with Gasteiger partial charge in [0.15, 0.2) is 27.8 Å². The lowest BCUT2D eigenvalue weighted by molar-refractivity contribution is -0.131. The number of carbonyl (C=O) groups excluding carboxylic acids is 1. The third kappa shape index (κ3) is 1.82. The highest BCUT2D eigenvalue weighted by atomic mass is 79.9.